The molecular weight excluding hydrogens is 278 g/mol. The molecule has 0 aromatic heterocycles. The number of rotatable bonds is 0. The lowest BCUT2D eigenvalue weighted by Gasteiger charge is -2.27. The smallest absolute Gasteiger partial charge is 0.0543 e. The molecule has 106 valence electrons. The number of nitrogens with zero attached hydrogens (tertiary/aromatic N) is 1. The predicted octanol–water partition coefficient (Wildman–Crippen LogP) is 5.03. The first kappa shape index (κ1) is 13.1. The number of hydrogen-bond acceptors (Lipinski definition) is 1. The molecule has 0 amide bonds. The summed E-state index contributed by atoms with van der Waals surface area (Å²) < 4.78 is 0. The third-order valence-electron chi connectivity index (χ3n) is 5.13. The first-order valence-corrected chi connectivity index (χ1v) is 7.96. The monoisotopic (exact) mass is 295 g/mol. The van der Waals surface area contributed by atoms with Crippen LogP contribution in [-0.2, 0) is 0 Å². The largest absolute Gasteiger partial charge is 0.289 e. The second-order valence-corrected chi connectivity index (χ2v) is 6.72. The molecule has 2 aromatic carbocycles. The molecule has 0 radical (unpaired) electrons. The number of fused-ring (bicyclic) bond motifs is 7. The normalized spacial score (nSPS) is 31.0. The minimum absolute atomic E-state index is 0.288. The van der Waals surface area contributed by atoms with Crippen molar-refractivity contribution < 1.29 is 0 Å². The maximum atomic E-state index is 6.25. The van der Waals surface area contributed by atoms with E-state index in [-0.39, 0.29) is 6.04 Å². The number of benzene rings is 2. The van der Waals surface area contributed by atoms with Gasteiger partial charge in [-0.2, -0.15) is 0 Å². The average Bonchev–Trinajstić information content (AvgIpc) is 2.77. The fourth-order valence-corrected chi connectivity index (χ4v) is 4.42. The van der Waals surface area contributed by atoms with Crippen LogP contribution in [0.15, 0.2) is 47.5 Å². The van der Waals surface area contributed by atoms with Gasteiger partial charge in [0.05, 0.1) is 6.04 Å². The molecule has 0 fully saturated rings. The Bertz CT molecular complexity index is 734. The topological polar surface area (TPSA) is 12.4 Å². The SMILES string of the molecule is CC1/N=C\c2ccccc2C2c3ccc(Cl)cc3C1C2C. The summed E-state index contributed by atoms with van der Waals surface area (Å²) in [4.78, 5) is 4.81. The standard InChI is InChI=1S/C19H18ClN/c1-11-18-12(2)21-10-13-5-3-4-6-15(13)19(11)16-8-7-14(20)9-17(16)18/h3-12,18-19H,1-2H3/b21-10-. The molecule has 1 aliphatic heterocycles. The van der Waals surface area contributed by atoms with Crippen LogP contribution in [0, 0.1) is 5.92 Å². The highest BCUT2D eigenvalue weighted by molar-refractivity contribution is 6.30. The van der Waals surface area contributed by atoms with Gasteiger partial charge in [-0.1, -0.05) is 48.9 Å². The van der Waals surface area contributed by atoms with E-state index in [1.807, 2.05) is 6.07 Å². The van der Waals surface area contributed by atoms with Gasteiger partial charge in [0, 0.05) is 23.1 Å². The third kappa shape index (κ3) is 1.87. The summed E-state index contributed by atoms with van der Waals surface area (Å²) in [6.45, 7) is 4.58. The van der Waals surface area contributed by atoms with Gasteiger partial charge in [0.15, 0.2) is 0 Å². The summed E-state index contributed by atoms with van der Waals surface area (Å²) in [7, 11) is 0. The van der Waals surface area contributed by atoms with Crippen molar-refractivity contribution in [2.45, 2.75) is 31.7 Å². The van der Waals surface area contributed by atoms with Gasteiger partial charge in [-0.3, -0.25) is 4.99 Å². The van der Waals surface area contributed by atoms with Gasteiger partial charge in [-0.25, -0.2) is 0 Å². The van der Waals surface area contributed by atoms with Gasteiger partial charge >= 0.3 is 0 Å². The van der Waals surface area contributed by atoms with E-state index < -0.39 is 0 Å². The Balaban J connectivity index is 2.02. The molecule has 2 aliphatic rings. The Morgan fingerprint density at radius 1 is 0.952 bits per heavy atom. The van der Waals surface area contributed by atoms with E-state index in [0.717, 1.165) is 5.02 Å². The van der Waals surface area contributed by atoms with Crippen molar-refractivity contribution in [3.8, 4) is 0 Å². The van der Waals surface area contributed by atoms with Gasteiger partial charge in [-0.05, 0) is 47.2 Å². The maximum absolute atomic E-state index is 6.25. The lowest BCUT2D eigenvalue weighted by Crippen LogP contribution is -2.21. The van der Waals surface area contributed by atoms with Crippen molar-refractivity contribution in [2.24, 2.45) is 10.9 Å². The van der Waals surface area contributed by atoms with E-state index in [2.05, 4.69) is 56.5 Å². The zero-order chi connectivity index (χ0) is 14.6. The molecule has 4 rings (SSSR count). The van der Waals surface area contributed by atoms with E-state index in [4.69, 9.17) is 16.6 Å². The summed E-state index contributed by atoms with van der Waals surface area (Å²) in [6.07, 6.45) is 2.05. The van der Waals surface area contributed by atoms with Crippen molar-refractivity contribution in [2.75, 3.05) is 0 Å². The van der Waals surface area contributed by atoms with Gasteiger partial charge in [0.25, 0.3) is 0 Å². The molecular formula is C19H18ClN. The molecule has 2 heteroatoms. The van der Waals surface area contributed by atoms with E-state index >= 15 is 0 Å². The van der Waals surface area contributed by atoms with Crippen molar-refractivity contribution in [3.63, 3.8) is 0 Å². The average molecular weight is 296 g/mol. The van der Waals surface area contributed by atoms with Crippen LogP contribution >= 0.6 is 11.6 Å². The van der Waals surface area contributed by atoms with Crippen LogP contribution in [0.2, 0.25) is 5.02 Å². The van der Waals surface area contributed by atoms with Crippen LogP contribution in [0.4, 0.5) is 0 Å². The molecule has 2 bridgehead atoms. The van der Waals surface area contributed by atoms with E-state index in [0.29, 0.717) is 17.8 Å². The fourth-order valence-electron chi connectivity index (χ4n) is 4.24. The molecule has 1 aliphatic carbocycles. The highest BCUT2D eigenvalue weighted by Gasteiger charge is 2.42. The highest BCUT2D eigenvalue weighted by atomic mass is 35.5. The summed E-state index contributed by atoms with van der Waals surface area (Å²) in [5, 5.41) is 0.829. The molecule has 2 aromatic rings. The lowest BCUT2D eigenvalue weighted by molar-refractivity contribution is 0.409. The van der Waals surface area contributed by atoms with Gasteiger partial charge < -0.3 is 0 Å². The predicted molar refractivity (Wildman–Crippen MR) is 88.7 cm³/mol. The van der Waals surface area contributed by atoms with E-state index in [9.17, 15) is 0 Å². The molecule has 21 heavy (non-hydrogen) atoms. The quantitative estimate of drug-likeness (QED) is 0.646. The van der Waals surface area contributed by atoms with Crippen LogP contribution < -0.4 is 0 Å². The van der Waals surface area contributed by atoms with Crippen LogP contribution in [0.3, 0.4) is 0 Å². The van der Waals surface area contributed by atoms with E-state index in [1.54, 1.807) is 0 Å². The second kappa shape index (κ2) is 4.71. The Hall–Kier alpha value is -1.60. The summed E-state index contributed by atoms with van der Waals surface area (Å²) in [5.74, 6) is 1.45. The van der Waals surface area contributed by atoms with Crippen LogP contribution in [0.25, 0.3) is 0 Å². The van der Waals surface area contributed by atoms with Gasteiger partial charge in [0.1, 0.15) is 0 Å². The number of aliphatic imine (C=N–C) groups is 1. The number of halogens is 1. The van der Waals surface area contributed by atoms with E-state index in [1.165, 1.54) is 22.3 Å². The molecule has 0 spiro atoms. The van der Waals surface area contributed by atoms with Gasteiger partial charge in [0.2, 0.25) is 0 Å². The Morgan fingerprint density at radius 2 is 1.76 bits per heavy atom. The second-order valence-electron chi connectivity index (χ2n) is 6.28. The molecule has 0 saturated carbocycles. The summed E-state index contributed by atoms with van der Waals surface area (Å²) in [6, 6.07) is 15.3. The number of hydrogen-bond donors (Lipinski definition) is 0. The van der Waals surface area contributed by atoms with Crippen LogP contribution in [0.1, 0.15) is 47.9 Å². The summed E-state index contributed by atoms with van der Waals surface area (Å²) >= 11 is 6.25. The van der Waals surface area contributed by atoms with Crippen LogP contribution in [0.5, 0.6) is 0 Å². The zero-order valence-electron chi connectivity index (χ0n) is 12.3. The Morgan fingerprint density at radius 3 is 2.62 bits per heavy atom. The van der Waals surface area contributed by atoms with Crippen molar-refractivity contribution in [3.05, 3.63) is 69.7 Å². The van der Waals surface area contributed by atoms with Crippen LogP contribution in [-0.4, -0.2) is 12.3 Å². The minimum atomic E-state index is 0.288. The molecule has 4 atom stereocenters. The van der Waals surface area contributed by atoms with Crippen molar-refractivity contribution in [1.29, 1.82) is 0 Å². The third-order valence-corrected chi connectivity index (χ3v) is 5.37. The lowest BCUT2D eigenvalue weighted by atomic mass is 9.79. The maximum Gasteiger partial charge on any atom is 0.0543 e. The first-order valence-electron chi connectivity index (χ1n) is 7.58. The minimum Gasteiger partial charge on any atom is -0.289 e. The fraction of sp³-hybridized carbons (Fsp3) is 0.316. The molecule has 0 N–H and O–H groups in total. The first-order chi connectivity index (χ1) is 10.2. The molecule has 1 nitrogen and oxygen atoms in total. The molecule has 4 unspecified atom stereocenters. The highest BCUT2D eigenvalue weighted by Crippen LogP contribution is 2.53. The summed E-state index contributed by atoms with van der Waals surface area (Å²) in [5.41, 5.74) is 5.47. The Kier molecular flexibility index (Phi) is 2.93. The molecule has 1 heterocycles. The zero-order valence-corrected chi connectivity index (χ0v) is 13.0. The van der Waals surface area contributed by atoms with Crippen molar-refractivity contribution in [1.82, 2.24) is 0 Å². The van der Waals surface area contributed by atoms with Gasteiger partial charge in [-0.15, -0.1) is 0 Å². The Labute approximate surface area is 130 Å². The van der Waals surface area contributed by atoms with Crippen molar-refractivity contribution >= 4 is 17.8 Å². The molecule has 0 saturated heterocycles.